The Bertz CT molecular complexity index is 663. The fourth-order valence-corrected chi connectivity index (χ4v) is 2.22. The molecule has 1 rings (SSSR count). The van der Waals surface area contributed by atoms with E-state index in [0.717, 1.165) is 6.08 Å². The van der Waals surface area contributed by atoms with Crippen molar-refractivity contribution in [1.82, 2.24) is 0 Å². The lowest BCUT2D eigenvalue weighted by molar-refractivity contribution is -0.148. The summed E-state index contributed by atoms with van der Waals surface area (Å²) >= 11 is 0. The van der Waals surface area contributed by atoms with Crippen LogP contribution in [0.4, 0.5) is 0 Å². The molecule has 1 atom stereocenters. The van der Waals surface area contributed by atoms with E-state index in [0.29, 0.717) is 0 Å². The van der Waals surface area contributed by atoms with Gasteiger partial charge >= 0.3 is 17.9 Å². The molecule has 0 aromatic heterocycles. The second kappa shape index (κ2) is 13.4. The van der Waals surface area contributed by atoms with Crippen LogP contribution in [0.1, 0.15) is 20.7 Å². The van der Waals surface area contributed by atoms with Crippen molar-refractivity contribution in [2.45, 2.75) is 12.2 Å². The third-order valence-corrected chi connectivity index (χ3v) is 3.54. The maximum atomic E-state index is 12.2. The summed E-state index contributed by atoms with van der Waals surface area (Å²) < 4.78 is 30.3. The molecule has 160 valence electrons. The van der Waals surface area contributed by atoms with E-state index in [2.05, 4.69) is 6.58 Å². The van der Waals surface area contributed by atoms with Gasteiger partial charge in [0.05, 0.1) is 30.9 Å². The zero-order valence-corrected chi connectivity index (χ0v) is 16.8. The van der Waals surface area contributed by atoms with Gasteiger partial charge in [-0.3, -0.25) is 0 Å². The SMILES string of the molecule is C=CC(=O)OC(COC)COC(=O)c1ccc(C(=O)OC(COC)COC)cc1. The normalized spacial score (nSPS) is 11.6. The molecule has 0 bridgehead atoms. The third-order valence-electron chi connectivity index (χ3n) is 3.54. The highest BCUT2D eigenvalue weighted by Gasteiger charge is 2.19. The van der Waals surface area contributed by atoms with Crippen LogP contribution in [0.5, 0.6) is 0 Å². The monoisotopic (exact) mass is 410 g/mol. The van der Waals surface area contributed by atoms with Gasteiger partial charge in [-0.05, 0) is 24.3 Å². The zero-order valence-electron chi connectivity index (χ0n) is 16.8. The summed E-state index contributed by atoms with van der Waals surface area (Å²) in [7, 11) is 4.41. The van der Waals surface area contributed by atoms with E-state index < -0.39 is 30.1 Å². The highest BCUT2D eigenvalue weighted by molar-refractivity contribution is 5.93. The minimum atomic E-state index is -0.762. The Morgan fingerprint density at radius 1 is 0.793 bits per heavy atom. The molecule has 0 N–H and O–H groups in total. The maximum Gasteiger partial charge on any atom is 0.338 e. The van der Waals surface area contributed by atoms with E-state index in [1.807, 2.05) is 0 Å². The Morgan fingerprint density at radius 2 is 1.24 bits per heavy atom. The molecule has 0 saturated heterocycles. The average Bonchev–Trinajstić information content (AvgIpc) is 2.72. The molecule has 0 spiro atoms. The van der Waals surface area contributed by atoms with Crippen LogP contribution in [-0.2, 0) is 33.2 Å². The van der Waals surface area contributed by atoms with Crippen LogP contribution in [0.2, 0.25) is 0 Å². The van der Waals surface area contributed by atoms with Gasteiger partial charge in [0, 0.05) is 27.4 Å². The molecule has 0 amide bonds. The summed E-state index contributed by atoms with van der Waals surface area (Å²) in [5.41, 5.74) is 0.481. The standard InChI is InChI=1S/C20H26O9/c1-5-18(21)28-17(12-26-4)13-27-19(22)14-6-8-15(9-7-14)20(23)29-16(10-24-2)11-25-3/h5-9,16-17H,1,10-13H2,2-4H3. The molecule has 0 saturated carbocycles. The Kier molecular flexibility index (Phi) is 11.2. The van der Waals surface area contributed by atoms with E-state index in [-0.39, 0.29) is 37.6 Å². The van der Waals surface area contributed by atoms with Gasteiger partial charge < -0.3 is 28.4 Å². The molecule has 0 aliphatic carbocycles. The minimum absolute atomic E-state index is 0.0573. The molecule has 0 heterocycles. The van der Waals surface area contributed by atoms with Crippen molar-refractivity contribution in [3.8, 4) is 0 Å². The number of hydrogen-bond acceptors (Lipinski definition) is 9. The number of ether oxygens (including phenoxy) is 6. The second-order valence-corrected chi connectivity index (χ2v) is 5.83. The summed E-state index contributed by atoms with van der Waals surface area (Å²) in [6.07, 6.45) is -0.299. The van der Waals surface area contributed by atoms with E-state index in [1.54, 1.807) is 0 Å². The van der Waals surface area contributed by atoms with Crippen molar-refractivity contribution in [2.75, 3.05) is 47.8 Å². The molecule has 1 aromatic rings. The molecular formula is C20H26O9. The molecule has 0 aliphatic heterocycles. The molecule has 1 aromatic carbocycles. The highest BCUT2D eigenvalue weighted by Crippen LogP contribution is 2.10. The molecule has 0 fully saturated rings. The Hall–Kier alpha value is -2.75. The molecular weight excluding hydrogens is 384 g/mol. The summed E-state index contributed by atoms with van der Waals surface area (Å²) in [4.78, 5) is 35.6. The first kappa shape index (κ1) is 24.3. The topological polar surface area (TPSA) is 107 Å². The number of methoxy groups -OCH3 is 3. The van der Waals surface area contributed by atoms with Gasteiger partial charge in [0.2, 0.25) is 0 Å². The first-order valence-corrected chi connectivity index (χ1v) is 8.73. The van der Waals surface area contributed by atoms with E-state index in [9.17, 15) is 14.4 Å². The molecule has 9 nitrogen and oxygen atoms in total. The quantitative estimate of drug-likeness (QED) is 0.271. The number of rotatable bonds is 13. The molecule has 1 unspecified atom stereocenters. The van der Waals surface area contributed by atoms with Crippen molar-refractivity contribution in [2.24, 2.45) is 0 Å². The predicted molar refractivity (Wildman–Crippen MR) is 102 cm³/mol. The first-order chi connectivity index (χ1) is 13.9. The minimum Gasteiger partial charge on any atom is -0.458 e. The second-order valence-electron chi connectivity index (χ2n) is 5.83. The number of esters is 3. The maximum absolute atomic E-state index is 12.2. The predicted octanol–water partition coefficient (Wildman–Crippen LogP) is 1.41. The molecule has 0 radical (unpaired) electrons. The fourth-order valence-electron chi connectivity index (χ4n) is 2.22. The fraction of sp³-hybridized carbons (Fsp3) is 0.450. The first-order valence-electron chi connectivity index (χ1n) is 8.73. The smallest absolute Gasteiger partial charge is 0.338 e. The van der Waals surface area contributed by atoms with Crippen LogP contribution in [0, 0.1) is 0 Å². The third kappa shape index (κ3) is 8.86. The van der Waals surface area contributed by atoms with E-state index >= 15 is 0 Å². The number of benzene rings is 1. The van der Waals surface area contributed by atoms with Crippen LogP contribution in [-0.4, -0.2) is 77.9 Å². The van der Waals surface area contributed by atoms with Gasteiger partial charge in [0.1, 0.15) is 12.7 Å². The van der Waals surface area contributed by atoms with Gasteiger partial charge in [0.15, 0.2) is 6.10 Å². The van der Waals surface area contributed by atoms with Crippen molar-refractivity contribution >= 4 is 17.9 Å². The van der Waals surface area contributed by atoms with Gasteiger partial charge in [-0.15, -0.1) is 0 Å². The largest absolute Gasteiger partial charge is 0.458 e. The van der Waals surface area contributed by atoms with Crippen molar-refractivity contribution in [3.63, 3.8) is 0 Å². The van der Waals surface area contributed by atoms with Crippen LogP contribution < -0.4 is 0 Å². The van der Waals surface area contributed by atoms with Gasteiger partial charge in [-0.2, -0.15) is 0 Å². The lowest BCUT2D eigenvalue weighted by Gasteiger charge is -2.17. The zero-order chi connectivity index (χ0) is 21.6. The van der Waals surface area contributed by atoms with Crippen molar-refractivity contribution in [3.05, 3.63) is 48.0 Å². The van der Waals surface area contributed by atoms with E-state index in [1.165, 1.54) is 45.6 Å². The lowest BCUT2D eigenvalue weighted by Crippen LogP contribution is -2.28. The highest BCUT2D eigenvalue weighted by atomic mass is 16.6. The summed E-state index contributed by atoms with van der Waals surface area (Å²) in [6.45, 7) is 3.57. The average molecular weight is 410 g/mol. The Morgan fingerprint density at radius 3 is 1.69 bits per heavy atom. The van der Waals surface area contributed by atoms with Crippen molar-refractivity contribution in [1.29, 1.82) is 0 Å². The number of hydrogen-bond donors (Lipinski definition) is 0. The molecule has 0 aliphatic rings. The van der Waals surface area contributed by atoms with Gasteiger partial charge in [0.25, 0.3) is 0 Å². The van der Waals surface area contributed by atoms with Crippen LogP contribution in [0.15, 0.2) is 36.9 Å². The lowest BCUT2D eigenvalue weighted by atomic mass is 10.1. The molecule has 9 heteroatoms. The summed E-state index contributed by atoms with van der Waals surface area (Å²) in [5.74, 6) is -1.86. The van der Waals surface area contributed by atoms with Crippen molar-refractivity contribution < 1.29 is 42.8 Å². The Labute approximate surface area is 169 Å². The van der Waals surface area contributed by atoms with E-state index in [4.69, 9.17) is 28.4 Å². The summed E-state index contributed by atoms with van der Waals surface area (Å²) in [5, 5.41) is 0. The van der Waals surface area contributed by atoms with Gasteiger partial charge in [-0.25, -0.2) is 14.4 Å². The van der Waals surface area contributed by atoms with Crippen LogP contribution in [0.25, 0.3) is 0 Å². The van der Waals surface area contributed by atoms with Gasteiger partial charge in [-0.1, -0.05) is 6.58 Å². The van der Waals surface area contributed by atoms with Crippen LogP contribution in [0.3, 0.4) is 0 Å². The number of carbonyl (C=O) groups is 3. The van der Waals surface area contributed by atoms with Crippen LogP contribution >= 0.6 is 0 Å². The Balaban J connectivity index is 2.64. The molecule has 29 heavy (non-hydrogen) atoms. The summed E-state index contributed by atoms with van der Waals surface area (Å²) in [6, 6.07) is 5.75. The number of carbonyl (C=O) groups excluding carboxylic acids is 3.